The Kier molecular flexibility index (Phi) is 5.98. The lowest BCUT2D eigenvalue weighted by Crippen LogP contribution is -2.16. The van der Waals surface area contributed by atoms with Crippen LogP contribution in [0, 0.1) is 0 Å². The van der Waals surface area contributed by atoms with E-state index in [0.717, 1.165) is 11.3 Å². The number of sulfonamides is 2. The molecule has 3 aromatic rings. The number of carbonyl (C=O) groups is 1. The molecule has 0 saturated heterocycles. The Morgan fingerprint density at radius 3 is 2.24 bits per heavy atom. The molecule has 0 radical (unpaired) electrons. The number of anilines is 2. The first-order valence-corrected chi connectivity index (χ1v) is 12.0. The molecule has 1 aromatic heterocycles. The van der Waals surface area contributed by atoms with Gasteiger partial charge in [0.25, 0.3) is 10.0 Å². The van der Waals surface area contributed by atoms with Gasteiger partial charge in [-0.2, -0.15) is 0 Å². The summed E-state index contributed by atoms with van der Waals surface area (Å²) in [7, 11) is -7.56. The van der Waals surface area contributed by atoms with E-state index in [2.05, 4.69) is 15.0 Å². The topological polar surface area (TPSA) is 148 Å². The minimum atomic E-state index is -3.81. The minimum Gasteiger partial charge on any atom is -0.326 e. The van der Waals surface area contributed by atoms with Crippen LogP contribution in [-0.4, -0.2) is 27.7 Å². The number of aromatic nitrogens is 1. The number of thiazole rings is 1. The first-order valence-electron chi connectivity index (χ1n) is 8.08. The predicted molar refractivity (Wildman–Crippen MR) is 110 cm³/mol. The summed E-state index contributed by atoms with van der Waals surface area (Å²) in [5, 5.41) is 9.35. The van der Waals surface area contributed by atoms with Gasteiger partial charge in [-0.05, 0) is 36.4 Å². The second kappa shape index (κ2) is 8.29. The highest BCUT2D eigenvalue weighted by atomic mass is 32.2. The summed E-state index contributed by atoms with van der Waals surface area (Å²) in [4.78, 5) is 16.3. The van der Waals surface area contributed by atoms with E-state index >= 15 is 0 Å². The van der Waals surface area contributed by atoms with E-state index < -0.39 is 26.0 Å². The molecule has 4 N–H and O–H groups in total. The third kappa shape index (κ3) is 5.60. The Balaban J connectivity index is 1.62. The van der Waals surface area contributed by atoms with Gasteiger partial charge in [-0.1, -0.05) is 18.2 Å². The molecule has 0 fully saturated rings. The van der Waals surface area contributed by atoms with Crippen molar-refractivity contribution in [1.29, 1.82) is 0 Å². The quantitative estimate of drug-likeness (QED) is 0.497. The molecule has 0 spiro atoms. The van der Waals surface area contributed by atoms with E-state index in [1.807, 2.05) is 0 Å². The van der Waals surface area contributed by atoms with Crippen LogP contribution in [0.25, 0.3) is 0 Å². The molecule has 0 aliphatic carbocycles. The van der Waals surface area contributed by atoms with Gasteiger partial charge in [-0.15, -0.1) is 11.3 Å². The monoisotopic (exact) mass is 452 g/mol. The highest BCUT2D eigenvalue weighted by Gasteiger charge is 2.16. The molecule has 3 rings (SSSR count). The number of benzene rings is 2. The van der Waals surface area contributed by atoms with Gasteiger partial charge in [0.2, 0.25) is 15.9 Å². The molecule has 0 bridgehead atoms. The molecule has 0 aliphatic rings. The number of primary sulfonamides is 1. The van der Waals surface area contributed by atoms with Gasteiger partial charge in [0, 0.05) is 11.1 Å². The number of carbonyl (C=O) groups excluding carboxylic acids is 1. The number of nitrogens with two attached hydrogens (primary N) is 1. The first-order chi connectivity index (χ1) is 13.6. The molecular formula is C17H16N4O5S3. The number of rotatable bonds is 7. The Labute approximate surface area is 171 Å². The molecule has 152 valence electrons. The summed E-state index contributed by atoms with van der Waals surface area (Å²) < 4.78 is 49.4. The molecule has 12 heteroatoms. The third-order valence-electron chi connectivity index (χ3n) is 3.64. The van der Waals surface area contributed by atoms with Crippen LogP contribution in [0.4, 0.5) is 10.8 Å². The van der Waals surface area contributed by atoms with Gasteiger partial charge >= 0.3 is 0 Å². The standard InChI is InChI=1S/C17H16N4O5S3/c18-28(23,24)14-8-6-12(7-9-14)19-16(22)10-13-11-27-17(20-13)21-29(25,26)15-4-2-1-3-5-15/h1-9,11H,10H2,(H,19,22)(H,20,21)(H2,18,23,24). The van der Waals surface area contributed by atoms with Crippen molar-refractivity contribution in [3.8, 4) is 0 Å². The number of nitrogens with zero attached hydrogens (tertiary/aromatic N) is 1. The van der Waals surface area contributed by atoms with Gasteiger partial charge < -0.3 is 5.32 Å². The van der Waals surface area contributed by atoms with Crippen molar-refractivity contribution in [2.24, 2.45) is 5.14 Å². The molecule has 2 aromatic carbocycles. The van der Waals surface area contributed by atoms with Crippen molar-refractivity contribution in [2.75, 3.05) is 10.0 Å². The second-order valence-corrected chi connectivity index (χ2v) is 9.96. The van der Waals surface area contributed by atoms with Crippen LogP contribution < -0.4 is 15.2 Å². The smallest absolute Gasteiger partial charge is 0.263 e. The Hall–Kier alpha value is -2.80. The summed E-state index contributed by atoms with van der Waals surface area (Å²) in [6.45, 7) is 0. The van der Waals surface area contributed by atoms with E-state index in [0.29, 0.717) is 11.4 Å². The maximum absolute atomic E-state index is 12.3. The van der Waals surface area contributed by atoms with Gasteiger partial charge in [0.1, 0.15) is 0 Å². The van der Waals surface area contributed by atoms with Crippen molar-refractivity contribution < 1.29 is 21.6 Å². The Morgan fingerprint density at radius 1 is 0.966 bits per heavy atom. The fourth-order valence-corrected chi connectivity index (χ4v) is 4.81. The molecule has 1 heterocycles. The summed E-state index contributed by atoms with van der Waals surface area (Å²) >= 11 is 1.06. The van der Waals surface area contributed by atoms with Crippen LogP contribution in [-0.2, 0) is 31.3 Å². The van der Waals surface area contributed by atoms with Crippen LogP contribution in [0.1, 0.15) is 5.69 Å². The van der Waals surface area contributed by atoms with Gasteiger partial charge in [-0.3, -0.25) is 9.52 Å². The number of nitrogens with one attached hydrogen (secondary N) is 2. The van der Waals surface area contributed by atoms with Gasteiger partial charge in [0.15, 0.2) is 5.13 Å². The molecule has 9 nitrogen and oxygen atoms in total. The lowest BCUT2D eigenvalue weighted by atomic mass is 10.3. The molecule has 0 unspecified atom stereocenters. The normalized spacial score (nSPS) is 11.8. The van der Waals surface area contributed by atoms with Crippen LogP contribution in [0.15, 0.2) is 69.8 Å². The summed E-state index contributed by atoms with van der Waals surface area (Å²) in [5.41, 5.74) is 0.780. The number of hydrogen-bond donors (Lipinski definition) is 3. The molecule has 0 aliphatic heterocycles. The zero-order valence-corrected chi connectivity index (χ0v) is 17.2. The van der Waals surface area contributed by atoms with Crippen molar-refractivity contribution in [1.82, 2.24) is 4.98 Å². The average Bonchev–Trinajstić information content (AvgIpc) is 3.08. The third-order valence-corrected chi connectivity index (χ3v) is 6.86. The van der Waals surface area contributed by atoms with Crippen molar-refractivity contribution in [3.05, 3.63) is 65.7 Å². The average molecular weight is 453 g/mol. The summed E-state index contributed by atoms with van der Waals surface area (Å²) in [6, 6.07) is 13.3. The van der Waals surface area contributed by atoms with Crippen molar-refractivity contribution in [3.63, 3.8) is 0 Å². The van der Waals surface area contributed by atoms with Crippen LogP contribution in [0.2, 0.25) is 0 Å². The zero-order valence-electron chi connectivity index (χ0n) is 14.8. The fourth-order valence-electron chi connectivity index (χ4n) is 2.31. The van der Waals surface area contributed by atoms with Crippen molar-refractivity contribution in [2.45, 2.75) is 16.2 Å². The Morgan fingerprint density at radius 2 is 1.62 bits per heavy atom. The van der Waals surface area contributed by atoms with E-state index in [4.69, 9.17) is 5.14 Å². The van der Waals surface area contributed by atoms with E-state index in [1.54, 1.807) is 23.6 Å². The second-order valence-electron chi connectivity index (χ2n) is 5.86. The molecule has 1 amide bonds. The summed E-state index contributed by atoms with van der Waals surface area (Å²) in [5.74, 6) is -0.392. The Bertz CT molecular complexity index is 1220. The maximum atomic E-state index is 12.3. The SMILES string of the molecule is NS(=O)(=O)c1ccc(NC(=O)Cc2csc(NS(=O)(=O)c3ccccc3)n2)cc1. The maximum Gasteiger partial charge on any atom is 0.263 e. The fraction of sp³-hybridized carbons (Fsp3) is 0.0588. The predicted octanol–water partition coefficient (Wildman–Crippen LogP) is 1.77. The molecule has 0 saturated carbocycles. The van der Waals surface area contributed by atoms with Crippen LogP contribution in [0.5, 0.6) is 0 Å². The van der Waals surface area contributed by atoms with Crippen LogP contribution in [0.3, 0.4) is 0 Å². The van der Waals surface area contributed by atoms with Crippen LogP contribution >= 0.6 is 11.3 Å². The highest BCUT2D eigenvalue weighted by Crippen LogP contribution is 2.21. The van der Waals surface area contributed by atoms with E-state index in [9.17, 15) is 21.6 Å². The zero-order chi connectivity index (χ0) is 21.1. The molecule has 0 atom stereocenters. The van der Waals surface area contributed by atoms with Crippen molar-refractivity contribution >= 4 is 48.1 Å². The largest absolute Gasteiger partial charge is 0.326 e. The lowest BCUT2D eigenvalue weighted by Gasteiger charge is -2.05. The number of hydrogen-bond acceptors (Lipinski definition) is 7. The van der Waals surface area contributed by atoms with E-state index in [1.165, 1.54) is 36.4 Å². The lowest BCUT2D eigenvalue weighted by molar-refractivity contribution is -0.115. The summed E-state index contributed by atoms with van der Waals surface area (Å²) in [6.07, 6.45) is -0.0828. The highest BCUT2D eigenvalue weighted by molar-refractivity contribution is 7.93. The minimum absolute atomic E-state index is 0.0645. The van der Waals surface area contributed by atoms with Gasteiger partial charge in [0.05, 0.1) is 21.9 Å². The molecular weight excluding hydrogens is 436 g/mol. The molecule has 29 heavy (non-hydrogen) atoms. The first kappa shape index (κ1) is 20.9. The van der Waals surface area contributed by atoms with E-state index in [-0.39, 0.29) is 21.3 Å². The van der Waals surface area contributed by atoms with Gasteiger partial charge in [-0.25, -0.2) is 27.0 Å². The number of amides is 1.